The third-order valence-electron chi connectivity index (χ3n) is 4.27. The highest BCUT2D eigenvalue weighted by molar-refractivity contribution is 5.91. The van der Waals surface area contributed by atoms with Crippen LogP contribution >= 0.6 is 0 Å². The van der Waals surface area contributed by atoms with Crippen LogP contribution < -0.4 is 0 Å². The fourth-order valence-electron chi connectivity index (χ4n) is 3.20. The Balaban J connectivity index is 1.87. The summed E-state index contributed by atoms with van der Waals surface area (Å²) in [6.45, 7) is 0. The van der Waals surface area contributed by atoms with Gasteiger partial charge in [0, 0.05) is 5.92 Å². The second kappa shape index (κ2) is 5.91. The van der Waals surface area contributed by atoms with E-state index in [0.29, 0.717) is 5.92 Å². The van der Waals surface area contributed by atoms with E-state index in [9.17, 15) is 5.21 Å². The number of rotatable bonds is 2. The molecule has 1 fully saturated rings. The molecule has 2 aromatic rings. The van der Waals surface area contributed by atoms with Gasteiger partial charge >= 0.3 is 0 Å². The van der Waals surface area contributed by atoms with Gasteiger partial charge in [-0.15, -0.1) is 0 Å². The van der Waals surface area contributed by atoms with Crippen molar-refractivity contribution in [2.24, 2.45) is 5.16 Å². The van der Waals surface area contributed by atoms with Gasteiger partial charge < -0.3 is 5.21 Å². The maximum absolute atomic E-state index is 9.27. The Bertz CT molecular complexity index is 577. The van der Waals surface area contributed by atoms with E-state index < -0.39 is 0 Å². The van der Waals surface area contributed by atoms with Crippen molar-refractivity contribution < 1.29 is 5.21 Å². The van der Waals surface area contributed by atoms with E-state index in [1.165, 1.54) is 11.1 Å². The van der Waals surface area contributed by atoms with Crippen LogP contribution in [-0.4, -0.2) is 10.9 Å². The Hall–Kier alpha value is -2.09. The first-order valence-corrected chi connectivity index (χ1v) is 7.19. The fourth-order valence-corrected chi connectivity index (χ4v) is 3.20. The zero-order valence-corrected chi connectivity index (χ0v) is 11.4. The van der Waals surface area contributed by atoms with Crippen LogP contribution in [0.25, 0.3) is 0 Å². The summed E-state index contributed by atoms with van der Waals surface area (Å²) in [6.07, 6.45) is 2.95. The van der Waals surface area contributed by atoms with Crippen molar-refractivity contribution in [2.75, 3.05) is 0 Å². The van der Waals surface area contributed by atoms with Crippen molar-refractivity contribution in [3.63, 3.8) is 0 Å². The summed E-state index contributed by atoms with van der Waals surface area (Å²) in [5.41, 5.74) is 3.56. The van der Waals surface area contributed by atoms with Crippen molar-refractivity contribution in [3.05, 3.63) is 71.8 Å². The minimum atomic E-state index is 0.236. The van der Waals surface area contributed by atoms with Gasteiger partial charge in [-0.1, -0.05) is 65.8 Å². The minimum absolute atomic E-state index is 0.236. The maximum atomic E-state index is 9.27. The molecule has 2 aromatic carbocycles. The summed E-state index contributed by atoms with van der Waals surface area (Å²) in [6, 6.07) is 21.0. The highest BCUT2D eigenvalue weighted by Crippen LogP contribution is 2.39. The van der Waals surface area contributed by atoms with Crippen LogP contribution in [0.3, 0.4) is 0 Å². The molecule has 2 nitrogen and oxygen atoms in total. The van der Waals surface area contributed by atoms with Crippen LogP contribution in [0, 0.1) is 0 Å². The van der Waals surface area contributed by atoms with Gasteiger partial charge in [-0.05, 0) is 36.3 Å². The molecule has 2 atom stereocenters. The van der Waals surface area contributed by atoms with Crippen LogP contribution in [0.5, 0.6) is 0 Å². The monoisotopic (exact) mass is 265 g/mol. The molecule has 20 heavy (non-hydrogen) atoms. The Kier molecular flexibility index (Phi) is 3.82. The third kappa shape index (κ3) is 2.60. The van der Waals surface area contributed by atoms with Crippen LogP contribution in [0.15, 0.2) is 65.8 Å². The lowest BCUT2D eigenvalue weighted by molar-refractivity contribution is 0.311. The molecule has 0 heterocycles. The van der Waals surface area contributed by atoms with Crippen molar-refractivity contribution >= 4 is 5.71 Å². The molecule has 1 aliphatic carbocycles. The molecule has 0 radical (unpaired) electrons. The fraction of sp³-hybridized carbons (Fsp3) is 0.278. The van der Waals surface area contributed by atoms with Gasteiger partial charge in [0.15, 0.2) is 0 Å². The van der Waals surface area contributed by atoms with Crippen molar-refractivity contribution in [1.29, 1.82) is 0 Å². The quantitative estimate of drug-likeness (QED) is 0.626. The molecule has 0 spiro atoms. The maximum Gasteiger partial charge on any atom is 0.0645 e. The molecule has 3 rings (SSSR count). The van der Waals surface area contributed by atoms with Gasteiger partial charge in [-0.25, -0.2) is 0 Å². The van der Waals surface area contributed by atoms with Gasteiger partial charge in [-0.3, -0.25) is 0 Å². The minimum Gasteiger partial charge on any atom is -0.411 e. The predicted molar refractivity (Wildman–Crippen MR) is 81.4 cm³/mol. The molecule has 0 saturated heterocycles. The second-order valence-electron chi connectivity index (χ2n) is 5.44. The van der Waals surface area contributed by atoms with Crippen LogP contribution in [0.4, 0.5) is 0 Å². The van der Waals surface area contributed by atoms with Gasteiger partial charge in [0.05, 0.1) is 5.71 Å². The number of hydrogen-bond acceptors (Lipinski definition) is 2. The number of oxime groups is 1. The first-order chi connectivity index (χ1) is 9.88. The SMILES string of the molecule is ON=C1CCC(c2ccccc2)CC1c1ccccc1. The largest absolute Gasteiger partial charge is 0.411 e. The first-order valence-electron chi connectivity index (χ1n) is 7.19. The van der Waals surface area contributed by atoms with Gasteiger partial charge in [0.2, 0.25) is 0 Å². The van der Waals surface area contributed by atoms with Crippen molar-refractivity contribution in [1.82, 2.24) is 0 Å². The van der Waals surface area contributed by atoms with Crippen molar-refractivity contribution in [2.45, 2.75) is 31.1 Å². The molecular formula is C18H19NO. The highest BCUT2D eigenvalue weighted by Gasteiger charge is 2.29. The molecule has 1 aliphatic rings. The van der Waals surface area contributed by atoms with Gasteiger partial charge in [0.25, 0.3) is 0 Å². The van der Waals surface area contributed by atoms with E-state index in [0.717, 1.165) is 25.0 Å². The van der Waals surface area contributed by atoms with E-state index in [4.69, 9.17) is 0 Å². The predicted octanol–water partition coefficient (Wildman–Crippen LogP) is 4.57. The zero-order valence-electron chi connectivity index (χ0n) is 11.4. The second-order valence-corrected chi connectivity index (χ2v) is 5.44. The summed E-state index contributed by atoms with van der Waals surface area (Å²) in [5.74, 6) is 0.784. The van der Waals surface area contributed by atoms with Crippen LogP contribution in [0.2, 0.25) is 0 Å². The number of hydrogen-bond donors (Lipinski definition) is 1. The highest BCUT2D eigenvalue weighted by atomic mass is 16.4. The van der Waals surface area contributed by atoms with E-state index in [1.54, 1.807) is 0 Å². The van der Waals surface area contributed by atoms with E-state index >= 15 is 0 Å². The lowest BCUT2D eigenvalue weighted by atomic mass is 9.74. The normalized spacial score (nSPS) is 24.7. The van der Waals surface area contributed by atoms with Crippen molar-refractivity contribution in [3.8, 4) is 0 Å². The average Bonchev–Trinajstić information content (AvgIpc) is 2.56. The molecule has 1 N–H and O–H groups in total. The standard InChI is InChI=1S/C18H19NO/c20-19-18-12-11-16(14-7-3-1-4-8-14)13-17(18)15-9-5-2-6-10-15/h1-10,16-17,20H,11-13H2. The van der Waals surface area contributed by atoms with E-state index in [2.05, 4.69) is 59.8 Å². The molecule has 2 unspecified atom stereocenters. The molecule has 1 saturated carbocycles. The lowest BCUT2D eigenvalue weighted by Gasteiger charge is -2.30. The molecular weight excluding hydrogens is 246 g/mol. The summed E-state index contributed by atoms with van der Waals surface area (Å²) in [7, 11) is 0. The summed E-state index contributed by atoms with van der Waals surface area (Å²) >= 11 is 0. The summed E-state index contributed by atoms with van der Waals surface area (Å²) in [4.78, 5) is 0. The van der Waals surface area contributed by atoms with Gasteiger partial charge in [-0.2, -0.15) is 0 Å². The Morgan fingerprint density at radius 3 is 2.05 bits per heavy atom. The Morgan fingerprint density at radius 2 is 1.45 bits per heavy atom. The molecule has 2 heteroatoms. The molecule has 0 aromatic heterocycles. The molecule has 0 aliphatic heterocycles. The topological polar surface area (TPSA) is 32.6 Å². The molecule has 102 valence electrons. The smallest absolute Gasteiger partial charge is 0.0645 e. The summed E-state index contributed by atoms with van der Waals surface area (Å²) in [5, 5.41) is 12.8. The van der Waals surface area contributed by atoms with E-state index in [-0.39, 0.29) is 5.92 Å². The summed E-state index contributed by atoms with van der Waals surface area (Å²) < 4.78 is 0. The van der Waals surface area contributed by atoms with Crippen LogP contribution in [-0.2, 0) is 0 Å². The average molecular weight is 265 g/mol. The van der Waals surface area contributed by atoms with Gasteiger partial charge in [0.1, 0.15) is 0 Å². The molecule has 0 bridgehead atoms. The molecule has 0 amide bonds. The third-order valence-corrected chi connectivity index (χ3v) is 4.27. The first kappa shape index (κ1) is 12.9. The van der Waals surface area contributed by atoms with Crippen LogP contribution in [0.1, 0.15) is 42.2 Å². The Morgan fingerprint density at radius 1 is 0.850 bits per heavy atom. The number of nitrogens with zero attached hydrogens (tertiary/aromatic N) is 1. The zero-order chi connectivity index (χ0) is 13.8. The lowest BCUT2D eigenvalue weighted by Crippen LogP contribution is -2.22. The van der Waals surface area contributed by atoms with E-state index in [1.807, 2.05) is 6.07 Å². The number of benzene rings is 2. The Labute approximate surface area is 119 Å².